The van der Waals surface area contributed by atoms with Crippen LogP contribution in [0.15, 0.2) is 66.3 Å². The number of rotatable bonds is 12. The van der Waals surface area contributed by atoms with Gasteiger partial charge in [-0.2, -0.15) is 0 Å². The number of guanidine groups is 1. The molecule has 0 atom stereocenters. The smallest absolute Gasteiger partial charge is 0.192 e. The monoisotopic (exact) mass is 525 g/mol. The summed E-state index contributed by atoms with van der Waals surface area (Å²) >= 11 is 2.92. The molecule has 3 aromatic rings. The topological polar surface area (TPSA) is 118 Å². The van der Waals surface area contributed by atoms with Gasteiger partial charge >= 0.3 is 0 Å². The van der Waals surface area contributed by atoms with E-state index in [1.165, 1.54) is 29.0 Å². The van der Waals surface area contributed by atoms with Crippen LogP contribution in [0, 0.1) is 5.41 Å². The third-order valence-electron chi connectivity index (χ3n) is 4.91. The van der Waals surface area contributed by atoms with Crippen LogP contribution in [0.1, 0.15) is 12.0 Å². The third kappa shape index (κ3) is 7.78. The predicted octanol–water partition coefficient (Wildman–Crippen LogP) is 4.13. The molecule has 2 aromatic carbocycles. The quantitative estimate of drug-likeness (QED) is 0.102. The van der Waals surface area contributed by atoms with E-state index in [0.29, 0.717) is 11.7 Å². The molecule has 6 N–H and O–H groups in total. The van der Waals surface area contributed by atoms with Crippen molar-refractivity contribution in [1.29, 1.82) is 5.41 Å². The molecule has 0 unspecified atom stereocenters. The van der Waals surface area contributed by atoms with Crippen LogP contribution in [0.4, 0.5) is 10.8 Å². The molecule has 10 nitrogen and oxygen atoms in total. The van der Waals surface area contributed by atoms with Crippen molar-refractivity contribution in [1.82, 2.24) is 24.1 Å². The summed E-state index contributed by atoms with van der Waals surface area (Å²) in [5.74, 6) is 0.784. The first kappa shape index (κ1) is 25.6. The zero-order valence-corrected chi connectivity index (χ0v) is 21.9. The first-order chi connectivity index (χ1) is 17.4. The maximum Gasteiger partial charge on any atom is 0.192 e. The van der Waals surface area contributed by atoms with E-state index in [-0.39, 0.29) is 5.96 Å². The van der Waals surface area contributed by atoms with E-state index in [0.717, 1.165) is 42.2 Å². The molecule has 36 heavy (non-hydrogen) atoms. The number of nitrogens with two attached hydrogens (primary N) is 1. The van der Waals surface area contributed by atoms with Gasteiger partial charge in [0, 0.05) is 30.2 Å². The Morgan fingerprint density at radius 3 is 2.81 bits per heavy atom. The van der Waals surface area contributed by atoms with Gasteiger partial charge in [-0.1, -0.05) is 24.3 Å². The molecule has 0 amide bonds. The Morgan fingerprint density at radius 1 is 1.14 bits per heavy atom. The molecule has 1 aromatic heterocycles. The molecule has 1 aliphatic rings. The Labute approximate surface area is 219 Å². The molecule has 0 saturated heterocycles. The number of ether oxygens (including phenoxy) is 1. The number of hydrazine groups is 2. The van der Waals surface area contributed by atoms with E-state index in [9.17, 15) is 0 Å². The maximum atomic E-state index is 7.34. The fourth-order valence-electron chi connectivity index (χ4n) is 3.41. The number of aromatic nitrogens is 1. The van der Waals surface area contributed by atoms with Gasteiger partial charge in [0.15, 0.2) is 11.1 Å². The van der Waals surface area contributed by atoms with Crippen molar-refractivity contribution in [3.05, 3.63) is 71.9 Å². The summed E-state index contributed by atoms with van der Waals surface area (Å²) < 4.78 is 9.78. The van der Waals surface area contributed by atoms with Crippen molar-refractivity contribution in [2.24, 2.45) is 5.73 Å². The Kier molecular flexibility index (Phi) is 8.90. The highest BCUT2D eigenvalue weighted by Gasteiger charge is 2.14. The van der Waals surface area contributed by atoms with E-state index in [2.05, 4.69) is 52.3 Å². The highest BCUT2D eigenvalue weighted by Crippen LogP contribution is 2.29. The van der Waals surface area contributed by atoms with Crippen LogP contribution in [-0.4, -0.2) is 51.9 Å². The van der Waals surface area contributed by atoms with Gasteiger partial charge in [-0.05, 0) is 50.3 Å². The molecule has 190 valence electrons. The van der Waals surface area contributed by atoms with Gasteiger partial charge in [-0.15, -0.1) is 11.3 Å². The summed E-state index contributed by atoms with van der Waals surface area (Å²) in [5, 5.41) is 12.6. The highest BCUT2D eigenvalue weighted by molar-refractivity contribution is 7.95. The van der Waals surface area contributed by atoms with Crippen LogP contribution < -0.4 is 26.6 Å². The first-order valence-corrected chi connectivity index (χ1v) is 13.0. The number of hydrogen-bond donors (Lipinski definition) is 5. The number of hydrogen-bond acceptors (Lipinski definition) is 10. The molecule has 0 spiro atoms. The highest BCUT2D eigenvalue weighted by atomic mass is 32.2. The Hall–Kier alpha value is -3.45. The maximum absolute atomic E-state index is 7.34. The largest absolute Gasteiger partial charge is 0.494 e. The minimum absolute atomic E-state index is 0.125. The Balaban J connectivity index is 1.18. The van der Waals surface area contributed by atoms with Crippen LogP contribution in [-0.2, 0) is 6.54 Å². The average molecular weight is 526 g/mol. The van der Waals surface area contributed by atoms with Crippen molar-refractivity contribution in [3.8, 4) is 17.0 Å². The van der Waals surface area contributed by atoms with E-state index in [1.807, 2.05) is 63.0 Å². The first-order valence-electron chi connectivity index (χ1n) is 11.4. The average Bonchev–Trinajstić information content (AvgIpc) is 3.48. The van der Waals surface area contributed by atoms with Crippen molar-refractivity contribution in [2.75, 3.05) is 38.0 Å². The van der Waals surface area contributed by atoms with Crippen LogP contribution >= 0.6 is 23.5 Å². The summed E-state index contributed by atoms with van der Waals surface area (Å²) in [6, 6.07) is 16.3. The van der Waals surface area contributed by atoms with E-state index < -0.39 is 0 Å². The van der Waals surface area contributed by atoms with Gasteiger partial charge in [-0.25, -0.2) is 19.2 Å². The van der Waals surface area contributed by atoms with Crippen LogP contribution in [0.3, 0.4) is 0 Å². The third-order valence-corrected chi connectivity index (χ3v) is 6.48. The van der Waals surface area contributed by atoms with Gasteiger partial charge in [0.25, 0.3) is 0 Å². The predicted molar refractivity (Wildman–Crippen MR) is 149 cm³/mol. The molecular formula is C24H31N9OS2. The Morgan fingerprint density at radius 2 is 1.97 bits per heavy atom. The molecule has 0 aliphatic carbocycles. The molecule has 0 fully saturated rings. The van der Waals surface area contributed by atoms with Crippen LogP contribution in [0.25, 0.3) is 11.3 Å². The lowest BCUT2D eigenvalue weighted by atomic mass is 10.1. The van der Waals surface area contributed by atoms with Gasteiger partial charge in [0.2, 0.25) is 0 Å². The lowest BCUT2D eigenvalue weighted by Crippen LogP contribution is -2.29. The SMILES string of the molecule is CN(C)Cc1cccc(OCCCNN2C=CN(Nc3cccc(-c4csc(NC(=N)N)n4)c3)S2)c1. The fourth-order valence-corrected chi connectivity index (χ4v) is 4.85. The number of anilines is 2. The minimum atomic E-state index is -0.125. The van der Waals surface area contributed by atoms with Crippen molar-refractivity contribution in [2.45, 2.75) is 13.0 Å². The van der Waals surface area contributed by atoms with Crippen molar-refractivity contribution >= 4 is 40.2 Å². The summed E-state index contributed by atoms with van der Waals surface area (Å²) in [7, 11) is 4.12. The van der Waals surface area contributed by atoms with Crippen molar-refractivity contribution in [3.63, 3.8) is 0 Å². The second-order valence-electron chi connectivity index (χ2n) is 8.30. The minimum Gasteiger partial charge on any atom is -0.494 e. The normalized spacial score (nSPS) is 12.9. The van der Waals surface area contributed by atoms with Crippen LogP contribution in [0.5, 0.6) is 5.75 Å². The zero-order valence-electron chi connectivity index (χ0n) is 20.3. The molecular weight excluding hydrogens is 494 g/mol. The van der Waals surface area contributed by atoms with E-state index in [1.54, 1.807) is 0 Å². The summed E-state index contributed by atoms with van der Waals surface area (Å²) in [6.07, 6.45) is 4.80. The summed E-state index contributed by atoms with van der Waals surface area (Å²) in [5.41, 5.74) is 16.1. The summed E-state index contributed by atoms with van der Waals surface area (Å²) in [4.78, 5) is 6.63. The molecule has 12 heteroatoms. The summed E-state index contributed by atoms with van der Waals surface area (Å²) in [6.45, 7) is 2.34. The Bertz CT molecular complexity index is 1180. The molecule has 2 heterocycles. The standard InChI is InChI=1S/C24H31N9OS2/c1-31(2)16-18-6-3-9-21(14-18)34-13-5-10-27-32-11-12-33(36-32)30-20-8-4-7-19(15-20)22-17-35-24(28-22)29-23(25)26/h3-4,6-9,11-12,14-15,17,27,30H,5,10,13,16H2,1-2H3,(H4,25,26,28,29). The molecule has 4 rings (SSSR count). The number of nitrogens with one attached hydrogen (secondary N) is 4. The number of nitrogens with zero attached hydrogens (tertiary/aromatic N) is 4. The number of thiazole rings is 1. The van der Waals surface area contributed by atoms with Gasteiger partial charge < -0.3 is 20.7 Å². The van der Waals surface area contributed by atoms with Crippen molar-refractivity contribution < 1.29 is 4.74 Å². The molecule has 0 bridgehead atoms. The van der Waals surface area contributed by atoms with Crippen LogP contribution in [0.2, 0.25) is 0 Å². The van der Waals surface area contributed by atoms with E-state index in [4.69, 9.17) is 15.9 Å². The fraction of sp³-hybridized carbons (Fsp3) is 0.250. The molecule has 1 aliphatic heterocycles. The zero-order chi connectivity index (χ0) is 25.3. The number of benzene rings is 2. The lowest BCUT2D eigenvalue weighted by molar-refractivity contribution is 0.297. The van der Waals surface area contributed by atoms with Gasteiger partial charge in [0.1, 0.15) is 17.9 Å². The molecule has 0 radical (unpaired) electrons. The second kappa shape index (κ2) is 12.5. The second-order valence-corrected chi connectivity index (χ2v) is 10.1. The molecule has 0 saturated carbocycles. The van der Waals surface area contributed by atoms with Gasteiger partial charge in [-0.3, -0.25) is 10.8 Å². The van der Waals surface area contributed by atoms with Gasteiger partial charge in [0.05, 0.1) is 24.2 Å². The van der Waals surface area contributed by atoms with E-state index >= 15 is 0 Å². The lowest BCUT2D eigenvalue weighted by Gasteiger charge is -2.21.